The molecule has 0 bridgehead atoms. The zero-order valence-corrected chi connectivity index (χ0v) is 16.4. The van der Waals surface area contributed by atoms with Crippen LogP contribution in [0.2, 0.25) is 5.02 Å². The highest BCUT2D eigenvalue weighted by atomic mass is 35.5. The quantitative estimate of drug-likeness (QED) is 0.571. The highest BCUT2D eigenvalue weighted by Gasteiger charge is 2.36. The Morgan fingerprint density at radius 2 is 1.63 bits per heavy atom. The topological polar surface area (TPSA) is 40.6 Å². The second kappa shape index (κ2) is 7.65. The molecule has 2 amide bonds. The van der Waals surface area contributed by atoms with Gasteiger partial charge < -0.3 is 9.80 Å². The molecule has 1 heterocycles. The Labute approximate surface area is 175 Å². The summed E-state index contributed by atoms with van der Waals surface area (Å²) in [7, 11) is 0. The number of fused-ring (bicyclic) bond motifs is 1. The van der Waals surface area contributed by atoms with Gasteiger partial charge in [0.05, 0.1) is 21.8 Å². The monoisotopic (exact) mass is 432 g/mol. The van der Waals surface area contributed by atoms with E-state index < -0.39 is 22.7 Å². The summed E-state index contributed by atoms with van der Waals surface area (Å²) in [6.07, 6.45) is -4.67. The van der Waals surface area contributed by atoms with Gasteiger partial charge in [-0.15, -0.1) is 0 Å². The lowest BCUT2D eigenvalue weighted by Gasteiger charge is -2.35. The normalized spacial score (nSPS) is 15.0. The molecule has 4 rings (SSSR count). The van der Waals surface area contributed by atoms with Crippen LogP contribution in [0, 0.1) is 0 Å². The minimum absolute atomic E-state index is 0.181. The molecule has 0 aliphatic carbocycles. The fraction of sp³-hybridized carbons (Fsp3) is 0.182. The smallest absolute Gasteiger partial charge is 0.327 e. The summed E-state index contributed by atoms with van der Waals surface area (Å²) in [6, 6.07) is 16.5. The van der Waals surface area contributed by atoms with Crippen molar-refractivity contribution in [2.75, 3.05) is 24.5 Å². The molecule has 1 aliphatic heterocycles. The van der Waals surface area contributed by atoms with E-state index >= 15 is 0 Å². The number of nitrogens with zero attached hydrogens (tertiary/aromatic N) is 2. The first-order valence-electron chi connectivity index (χ1n) is 9.20. The van der Waals surface area contributed by atoms with Gasteiger partial charge >= 0.3 is 6.18 Å². The lowest BCUT2D eigenvalue weighted by atomic mass is 10.1. The van der Waals surface area contributed by atoms with Gasteiger partial charge in [-0.25, -0.2) is 0 Å². The molecular weight excluding hydrogens is 417 g/mol. The van der Waals surface area contributed by atoms with Gasteiger partial charge in [-0.05, 0) is 23.6 Å². The predicted molar refractivity (Wildman–Crippen MR) is 109 cm³/mol. The SMILES string of the molecule is O=C(c1cccc(C(F)(F)F)c1Cl)N1CCN(c2cccc3ccccc23)C(=O)C1. The molecule has 1 saturated heterocycles. The minimum Gasteiger partial charge on any atom is -0.327 e. The lowest BCUT2D eigenvalue weighted by Crippen LogP contribution is -2.52. The summed E-state index contributed by atoms with van der Waals surface area (Å²) in [6.45, 7) is 0.171. The number of rotatable bonds is 2. The maximum absolute atomic E-state index is 13.1. The number of carbonyl (C=O) groups excluding carboxylic acids is 2. The van der Waals surface area contributed by atoms with Crippen LogP contribution in [0.25, 0.3) is 10.8 Å². The fourth-order valence-electron chi connectivity index (χ4n) is 3.63. The van der Waals surface area contributed by atoms with Gasteiger partial charge in [0.25, 0.3) is 5.91 Å². The zero-order valence-electron chi connectivity index (χ0n) is 15.6. The molecule has 3 aromatic rings. The zero-order chi connectivity index (χ0) is 21.5. The Morgan fingerprint density at radius 3 is 2.37 bits per heavy atom. The summed E-state index contributed by atoms with van der Waals surface area (Å²) in [4.78, 5) is 28.4. The third-order valence-electron chi connectivity index (χ3n) is 5.10. The molecule has 1 fully saturated rings. The van der Waals surface area contributed by atoms with Crippen molar-refractivity contribution in [2.24, 2.45) is 0 Å². The number of alkyl halides is 3. The molecule has 0 unspecified atom stereocenters. The maximum atomic E-state index is 13.1. The van der Waals surface area contributed by atoms with Crippen molar-refractivity contribution in [3.63, 3.8) is 0 Å². The van der Waals surface area contributed by atoms with E-state index in [4.69, 9.17) is 11.6 Å². The van der Waals surface area contributed by atoms with Crippen LogP contribution in [-0.4, -0.2) is 36.3 Å². The first-order valence-corrected chi connectivity index (χ1v) is 9.58. The van der Waals surface area contributed by atoms with Gasteiger partial charge in [0, 0.05) is 18.5 Å². The van der Waals surface area contributed by atoms with Gasteiger partial charge in [-0.2, -0.15) is 13.2 Å². The van der Waals surface area contributed by atoms with Crippen LogP contribution in [0.5, 0.6) is 0 Å². The first-order chi connectivity index (χ1) is 14.3. The van der Waals surface area contributed by atoms with Crippen LogP contribution in [0.3, 0.4) is 0 Å². The number of benzene rings is 3. The van der Waals surface area contributed by atoms with Crippen molar-refractivity contribution in [2.45, 2.75) is 6.18 Å². The van der Waals surface area contributed by atoms with E-state index in [9.17, 15) is 22.8 Å². The van der Waals surface area contributed by atoms with E-state index in [0.717, 1.165) is 28.6 Å². The summed E-state index contributed by atoms with van der Waals surface area (Å²) in [5.74, 6) is -1.01. The van der Waals surface area contributed by atoms with E-state index in [-0.39, 0.29) is 31.1 Å². The van der Waals surface area contributed by atoms with Crippen LogP contribution >= 0.6 is 11.6 Å². The van der Waals surface area contributed by atoms with Crippen LogP contribution in [0.1, 0.15) is 15.9 Å². The molecule has 8 heteroatoms. The molecule has 1 aliphatic rings. The van der Waals surface area contributed by atoms with Crippen molar-refractivity contribution in [1.29, 1.82) is 0 Å². The van der Waals surface area contributed by atoms with Crippen molar-refractivity contribution >= 4 is 39.9 Å². The van der Waals surface area contributed by atoms with Crippen molar-refractivity contribution in [1.82, 2.24) is 4.90 Å². The van der Waals surface area contributed by atoms with Crippen molar-refractivity contribution < 1.29 is 22.8 Å². The molecule has 0 spiro atoms. The van der Waals surface area contributed by atoms with E-state index in [2.05, 4.69) is 0 Å². The highest BCUT2D eigenvalue weighted by molar-refractivity contribution is 6.34. The average Bonchev–Trinajstić information content (AvgIpc) is 2.72. The van der Waals surface area contributed by atoms with Crippen LogP contribution in [0.4, 0.5) is 18.9 Å². The molecule has 0 atom stereocenters. The maximum Gasteiger partial charge on any atom is 0.417 e. The van der Waals surface area contributed by atoms with E-state index in [1.807, 2.05) is 42.5 Å². The molecule has 0 N–H and O–H groups in total. The molecule has 0 aromatic heterocycles. The Bertz CT molecular complexity index is 1140. The number of hydrogen-bond acceptors (Lipinski definition) is 2. The van der Waals surface area contributed by atoms with Crippen LogP contribution < -0.4 is 4.90 Å². The number of amides is 2. The number of piperazine rings is 1. The van der Waals surface area contributed by atoms with Gasteiger partial charge in [-0.1, -0.05) is 54.1 Å². The Kier molecular flexibility index (Phi) is 5.15. The summed E-state index contributed by atoms with van der Waals surface area (Å²) >= 11 is 5.87. The van der Waals surface area contributed by atoms with Crippen LogP contribution in [-0.2, 0) is 11.0 Å². The second-order valence-corrected chi connectivity index (χ2v) is 7.31. The van der Waals surface area contributed by atoms with Crippen LogP contribution in [0.15, 0.2) is 60.7 Å². The molecule has 0 saturated carbocycles. The number of halogens is 4. The van der Waals surface area contributed by atoms with Gasteiger partial charge in [0.2, 0.25) is 5.91 Å². The molecule has 30 heavy (non-hydrogen) atoms. The Hall–Kier alpha value is -3.06. The third kappa shape index (κ3) is 3.61. The molecule has 3 aromatic carbocycles. The van der Waals surface area contributed by atoms with E-state index in [0.29, 0.717) is 0 Å². The molecule has 154 valence electrons. The first kappa shape index (κ1) is 20.2. The van der Waals surface area contributed by atoms with E-state index in [1.54, 1.807) is 4.90 Å². The fourth-order valence-corrected chi connectivity index (χ4v) is 3.95. The summed E-state index contributed by atoms with van der Waals surface area (Å²) in [5.41, 5.74) is -0.601. The van der Waals surface area contributed by atoms with Crippen molar-refractivity contribution in [3.8, 4) is 0 Å². The third-order valence-corrected chi connectivity index (χ3v) is 5.51. The Balaban J connectivity index is 1.58. The largest absolute Gasteiger partial charge is 0.417 e. The predicted octanol–water partition coefficient (Wildman–Crippen LogP) is 5.00. The van der Waals surface area contributed by atoms with Gasteiger partial charge in [0.1, 0.15) is 6.54 Å². The molecular formula is C22H16ClF3N2O2. The van der Waals surface area contributed by atoms with Gasteiger partial charge in [0.15, 0.2) is 0 Å². The number of hydrogen-bond donors (Lipinski definition) is 0. The standard InChI is InChI=1S/C22H16ClF3N2O2/c23-20-16(8-4-9-17(20)22(24,25)26)21(30)27-11-12-28(19(29)13-27)18-10-3-6-14-5-1-2-7-15(14)18/h1-10H,11-13H2. The molecule has 4 nitrogen and oxygen atoms in total. The second-order valence-electron chi connectivity index (χ2n) is 6.94. The highest BCUT2D eigenvalue weighted by Crippen LogP contribution is 2.37. The number of anilines is 1. The number of carbonyl (C=O) groups is 2. The summed E-state index contributed by atoms with van der Waals surface area (Å²) < 4.78 is 39.3. The Morgan fingerprint density at radius 1 is 0.933 bits per heavy atom. The minimum atomic E-state index is -4.67. The average molecular weight is 433 g/mol. The van der Waals surface area contributed by atoms with E-state index in [1.165, 1.54) is 11.0 Å². The van der Waals surface area contributed by atoms with Crippen molar-refractivity contribution in [3.05, 3.63) is 76.8 Å². The lowest BCUT2D eigenvalue weighted by molar-refractivity contribution is -0.137. The molecule has 0 radical (unpaired) electrons. The summed E-state index contributed by atoms with van der Waals surface area (Å²) in [5, 5.41) is 1.24. The van der Waals surface area contributed by atoms with Gasteiger partial charge in [-0.3, -0.25) is 9.59 Å².